The monoisotopic (exact) mass is 438 g/mol. The van der Waals surface area contributed by atoms with Gasteiger partial charge in [0.05, 0.1) is 6.54 Å². The number of thiophene rings is 1. The number of halogens is 1. The fourth-order valence-corrected chi connectivity index (χ4v) is 3.00. The third-order valence-corrected chi connectivity index (χ3v) is 4.47. The van der Waals surface area contributed by atoms with Gasteiger partial charge in [-0.15, -0.1) is 35.3 Å². The van der Waals surface area contributed by atoms with Gasteiger partial charge in [0, 0.05) is 24.0 Å². The Morgan fingerprint density at radius 3 is 2.55 bits per heavy atom. The Morgan fingerprint density at radius 2 is 2.00 bits per heavy atom. The van der Waals surface area contributed by atoms with E-state index in [4.69, 9.17) is 4.99 Å². The highest BCUT2D eigenvalue weighted by atomic mass is 127. The van der Waals surface area contributed by atoms with Gasteiger partial charge >= 0.3 is 0 Å². The van der Waals surface area contributed by atoms with E-state index in [9.17, 15) is 0 Å². The van der Waals surface area contributed by atoms with Crippen LogP contribution in [-0.4, -0.2) is 49.6 Å². The average Bonchev–Trinajstić information content (AvgIpc) is 2.99. The minimum Gasteiger partial charge on any atom is -0.357 e. The lowest BCUT2D eigenvalue weighted by molar-refractivity contribution is 0.237. The van der Waals surface area contributed by atoms with Crippen molar-refractivity contribution in [1.82, 2.24) is 15.5 Å². The summed E-state index contributed by atoms with van der Waals surface area (Å²) in [5.41, 5.74) is 0. The van der Waals surface area contributed by atoms with Gasteiger partial charge in [0.1, 0.15) is 0 Å². The Labute approximate surface area is 156 Å². The molecule has 2 N–H and O–H groups in total. The number of rotatable bonds is 9. The van der Waals surface area contributed by atoms with Crippen molar-refractivity contribution in [2.45, 2.75) is 40.2 Å². The van der Waals surface area contributed by atoms with Gasteiger partial charge in [-0.05, 0) is 44.8 Å². The molecule has 0 spiro atoms. The van der Waals surface area contributed by atoms with Crippen LogP contribution in [0.15, 0.2) is 22.5 Å². The van der Waals surface area contributed by atoms with Gasteiger partial charge in [-0.1, -0.05) is 19.9 Å². The highest BCUT2D eigenvalue weighted by Gasteiger charge is 2.09. The summed E-state index contributed by atoms with van der Waals surface area (Å²) in [6, 6.07) is 4.76. The number of nitrogens with zero attached hydrogens (tertiary/aromatic N) is 2. The SMILES string of the molecule is CCNC(=NCC(C)N(CC)CC)NCCc1cccs1.I. The summed E-state index contributed by atoms with van der Waals surface area (Å²) in [5, 5.41) is 8.86. The topological polar surface area (TPSA) is 39.7 Å². The van der Waals surface area contributed by atoms with E-state index in [1.165, 1.54) is 4.88 Å². The molecule has 0 saturated heterocycles. The Morgan fingerprint density at radius 1 is 1.27 bits per heavy atom. The second-order valence-corrected chi connectivity index (χ2v) is 6.08. The number of aliphatic imine (C=N–C) groups is 1. The van der Waals surface area contributed by atoms with Crippen LogP contribution < -0.4 is 10.6 Å². The van der Waals surface area contributed by atoms with Crippen molar-refractivity contribution < 1.29 is 0 Å². The first-order chi connectivity index (χ1) is 10.2. The van der Waals surface area contributed by atoms with Gasteiger partial charge < -0.3 is 10.6 Å². The molecular formula is C16H31IN4S. The number of guanidine groups is 1. The lowest BCUT2D eigenvalue weighted by Gasteiger charge is -2.25. The molecule has 128 valence electrons. The molecular weight excluding hydrogens is 407 g/mol. The predicted molar refractivity (Wildman–Crippen MR) is 110 cm³/mol. The fraction of sp³-hybridized carbons (Fsp3) is 0.688. The van der Waals surface area contributed by atoms with Crippen molar-refractivity contribution in [2.75, 3.05) is 32.7 Å². The maximum Gasteiger partial charge on any atom is 0.191 e. The first-order valence-corrected chi connectivity index (χ1v) is 8.87. The van der Waals surface area contributed by atoms with Gasteiger partial charge in [-0.2, -0.15) is 0 Å². The van der Waals surface area contributed by atoms with E-state index in [1.54, 1.807) is 0 Å². The standard InChI is InChI=1S/C16H30N4S.HI/c1-5-17-16(18-11-10-15-9-8-12-21-15)19-13-14(4)20(6-2)7-3;/h8-9,12,14H,5-7,10-11,13H2,1-4H3,(H2,17,18,19);1H. The predicted octanol–water partition coefficient (Wildman–Crippen LogP) is 3.19. The molecule has 1 unspecified atom stereocenters. The summed E-state index contributed by atoms with van der Waals surface area (Å²) in [7, 11) is 0. The quantitative estimate of drug-likeness (QED) is 0.354. The minimum atomic E-state index is 0. The Balaban J connectivity index is 0.00000441. The number of hydrogen-bond acceptors (Lipinski definition) is 3. The zero-order chi connectivity index (χ0) is 15.5. The van der Waals surface area contributed by atoms with E-state index in [0.717, 1.165) is 45.1 Å². The van der Waals surface area contributed by atoms with Crippen molar-refractivity contribution in [3.05, 3.63) is 22.4 Å². The summed E-state index contributed by atoms with van der Waals surface area (Å²) in [6.07, 6.45) is 1.05. The highest BCUT2D eigenvalue weighted by Crippen LogP contribution is 2.08. The van der Waals surface area contributed by atoms with Crippen LogP contribution >= 0.6 is 35.3 Å². The minimum absolute atomic E-state index is 0. The molecule has 1 rings (SSSR count). The van der Waals surface area contributed by atoms with Crippen LogP contribution in [-0.2, 0) is 6.42 Å². The second kappa shape index (κ2) is 13.1. The maximum atomic E-state index is 4.71. The Bertz CT molecular complexity index is 391. The van der Waals surface area contributed by atoms with Crippen molar-refractivity contribution in [3.8, 4) is 0 Å². The van der Waals surface area contributed by atoms with Crippen LogP contribution in [0.4, 0.5) is 0 Å². The van der Waals surface area contributed by atoms with E-state index in [1.807, 2.05) is 11.3 Å². The molecule has 0 bridgehead atoms. The van der Waals surface area contributed by atoms with E-state index < -0.39 is 0 Å². The van der Waals surface area contributed by atoms with Crippen LogP contribution in [0.5, 0.6) is 0 Å². The van der Waals surface area contributed by atoms with Gasteiger partial charge in [-0.3, -0.25) is 9.89 Å². The largest absolute Gasteiger partial charge is 0.357 e. The molecule has 0 aromatic carbocycles. The molecule has 22 heavy (non-hydrogen) atoms. The molecule has 6 heteroatoms. The molecule has 0 aliphatic carbocycles. The van der Waals surface area contributed by atoms with Gasteiger partial charge in [0.2, 0.25) is 0 Å². The first kappa shape index (κ1) is 21.7. The van der Waals surface area contributed by atoms with E-state index >= 15 is 0 Å². The Kier molecular flexibility index (Phi) is 12.9. The zero-order valence-corrected chi connectivity index (χ0v) is 17.4. The summed E-state index contributed by atoms with van der Waals surface area (Å²) in [6.45, 7) is 13.6. The average molecular weight is 438 g/mol. The number of hydrogen-bond donors (Lipinski definition) is 2. The van der Waals surface area contributed by atoms with Crippen LogP contribution in [0.25, 0.3) is 0 Å². The lowest BCUT2D eigenvalue weighted by Crippen LogP contribution is -2.40. The molecule has 1 aromatic rings. The number of likely N-dealkylation sites (N-methyl/N-ethyl adjacent to an activating group) is 1. The summed E-state index contributed by atoms with van der Waals surface area (Å²) in [5.74, 6) is 0.924. The molecule has 0 aliphatic rings. The molecule has 1 atom stereocenters. The highest BCUT2D eigenvalue weighted by molar-refractivity contribution is 14.0. The zero-order valence-electron chi connectivity index (χ0n) is 14.3. The van der Waals surface area contributed by atoms with Gasteiger partial charge in [0.25, 0.3) is 0 Å². The summed E-state index contributed by atoms with van der Waals surface area (Å²) < 4.78 is 0. The van der Waals surface area contributed by atoms with E-state index in [-0.39, 0.29) is 24.0 Å². The second-order valence-electron chi connectivity index (χ2n) is 5.05. The third kappa shape index (κ3) is 8.33. The van der Waals surface area contributed by atoms with Crippen molar-refractivity contribution in [1.29, 1.82) is 0 Å². The van der Waals surface area contributed by atoms with Crippen molar-refractivity contribution in [3.63, 3.8) is 0 Å². The van der Waals surface area contributed by atoms with E-state index in [0.29, 0.717) is 6.04 Å². The molecule has 0 aliphatic heterocycles. The maximum absolute atomic E-state index is 4.71. The van der Waals surface area contributed by atoms with Crippen LogP contribution in [0, 0.1) is 0 Å². The summed E-state index contributed by atoms with van der Waals surface area (Å²) in [4.78, 5) is 8.55. The van der Waals surface area contributed by atoms with Gasteiger partial charge in [-0.25, -0.2) is 0 Å². The van der Waals surface area contributed by atoms with Crippen molar-refractivity contribution >= 4 is 41.3 Å². The molecule has 1 aromatic heterocycles. The molecule has 0 radical (unpaired) electrons. The Hall–Kier alpha value is -0.340. The third-order valence-electron chi connectivity index (χ3n) is 3.54. The number of nitrogens with one attached hydrogen (secondary N) is 2. The molecule has 0 saturated carbocycles. The normalized spacial score (nSPS) is 12.9. The van der Waals surface area contributed by atoms with Crippen LogP contribution in [0.3, 0.4) is 0 Å². The van der Waals surface area contributed by atoms with Crippen molar-refractivity contribution in [2.24, 2.45) is 4.99 Å². The molecule has 4 nitrogen and oxygen atoms in total. The van der Waals surface area contributed by atoms with Crippen LogP contribution in [0.2, 0.25) is 0 Å². The molecule has 1 heterocycles. The summed E-state index contributed by atoms with van der Waals surface area (Å²) >= 11 is 1.81. The van der Waals surface area contributed by atoms with Gasteiger partial charge in [0.15, 0.2) is 5.96 Å². The fourth-order valence-electron chi connectivity index (χ4n) is 2.29. The first-order valence-electron chi connectivity index (χ1n) is 7.99. The van der Waals surface area contributed by atoms with E-state index in [2.05, 4.69) is 60.7 Å². The smallest absolute Gasteiger partial charge is 0.191 e. The van der Waals surface area contributed by atoms with Crippen LogP contribution in [0.1, 0.15) is 32.6 Å². The molecule has 0 fully saturated rings. The lowest BCUT2D eigenvalue weighted by atomic mass is 10.3. The molecule has 0 amide bonds.